The molecule has 1 N–H and O–H groups in total. The first-order chi connectivity index (χ1) is 6.86. The SMILES string of the molecule is O=c1[nH]ccc2oc3cnccc3c12. The van der Waals surface area contributed by atoms with E-state index >= 15 is 0 Å². The van der Waals surface area contributed by atoms with E-state index in [-0.39, 0.29) is 5.56 Å². The van der Waals surface area contributed by atoms with Crippen molar-refractivity contribution in [2.24, 2.45) is 0 Å². The quantitative estimate of drug-likeness (QED) is 0.581. The summed E-state index contributed by atoms with van der Waals surface area (Å²) in [4.78, 5) is 18.1. The van der Waals surface area contributed by atoms with E-state index in [4.69, 9.17) is 4.42 Å². The van der Waals surface area contributed by atoms with E-state index in [1.807, 2.05) is 0 Å². The number of furan rings is 1. The number of nitrogens with one attached hydrogen (secondary N) is 1. The number of pyridine rings is 2. The van der Waals surface area contributed by atoms with Gasteiger partial charge in [0.05, 0.1) is 11.6 Å². The van der Waals surface area contributed by atoms with Gasteiger partial charge in [-0.05, 0) is 12.1 Å². The number of aromatic nitrogens is 2. The Kier molecular flexibility index (Phi) is 1.28. The fourth-order valence-corrected chi connectivity index (χ4v) is 1.59. The molecule has 0 atom stereocenters. The Morgan fingerprint density at radius 2 is 2.21 bits per heavy atom. The van der Waals surface area contributed by atoms with Crippen molar-refractivity contribution in [3.63, 3.8) is 0 Å². The average Bonchev–Trinajstić information content (AvgIpc) is 2.57. The smallest absolute Gasteiger partial charge is 0.259 e. The van der Waals surface area contributed by atoms with Crippen LogP contribution >= 0.6 is 0 Å². The summed E-state index contributed by atoms with van der Waals surface area (Å²) in [7, 11) is 0. The van der Waals surface area contributed by atoms with Gasteiger partial charge in [-0.25, -0.2) is 0 Å². The van der Waals surface area contributed by atoms with Crippen LogP contribution in [0.5, 0.6) is 0 Å². The highest BCUT2D eigenvalue weighted by Gasteiger charge is 2.08. The number of hydrogen-bond acceptors (Lipinski definition) is 3. The molecule has 14 heavy (non-hydrogen) atoms. The molecule has 3 aromatic rings. The monoisotopic (exact) mass is 186 g/mol. The zero-order valence-electron chi connectivity index (χ0n) is 7.15. The molecule has 3 heterocycles. The van der Waals surface area contributed by atoms with Crippen molar-refractivity contribution in [3.05, 3.63) is 41.1 Å². The Labute approximate surface area is 78.2 Å². The summed E-state index contributed by atoms with van der Waals surface area (Å²) < 4.78 is 5.45. The zero-order valence-corrected chi connectivity index (χ0v) is 7.15. The van der Waals surface area contributed by atoms with E-state index in [0.717, 1.165) is 5.39 Å². The second-order valence-corrected chi connectivity index (χ2v) is 3.02. The standard InChI is InChI=1S/C10H6N2O2/c13-10-9-6-1-3-11-5-8(6)14-7(9)2-4-12-10/h1-5H,(H,12,13). The van der Waals surface area contributed by atoms with Gasteiger partial charge in [0.2, 0.25) is 0 Å². The Bertz CT molecular complexity index is 666. The van der Waals surface area contributed by atoms with Gasteiger partial charge in [0.25, 0.3) is 5.56 Å². The molecule has 4 heteroatoms. The summed E-state index contributed by atoms with van der Waals surface area (Å²) in [6, 6.07) is 3.51. The minimum absolute atomic E-state index is 0.132. The zero-order chi connectivity index (χ0) is 9.54. The molecule has 0 aliphatic heterocycles. The maximum absolute atomic E-state index is 11.5. The normalized spacial score (nSPS) is 11.1. The van der Waals surface area contributed by atoms with E-state index in [9.17, 15) is 4.79 Å². The highest BCUT2D eigenvalue weighted by Crippen LogP contribution is 2.23. The van der Waals surface area contributed by atoms with Gasteiger partial charge in [-0.3, -0.25) is 9.78 Å². The van der Waals surface area contributed by atoms with Gasteiger partial charge < -0.3 is 9.40 Å². The Balaban J connectivity index is 2.73. The summed E-state index contributed by atoms with van der Waals surface area (Å²) >= 11 is 0. The van der Waals surface area contributed by atoms with Crippen LogP contribution in [0.4, 0.5) is 0 Å². The number of rotatable bonds is 0. The van der Waals surface area contributed by atoms with E-state index in [1.54, 1.807) is 30.7 Å². The summed E-state index contributed by atoms with van der Waals surface area (Å²) in [5, 5.41) is 1.39. The van der Waals surface area contributed by atoms with Crippen LogP contribution in [0, 0.1) is 0 Å². The summed E-state index contributed by atoms with van der Waals surface area (Å²) in [5.74, 6) is 0. The van der Waals surface area contributed by atoms with Crippen molar-refractivity contribution in [1.29, 1.82) is 0 Å². The number of nitrogens with zero attached hydrogens (tertiary/aromatic N) is 1. The van der Waals surface area contributed by atoms with Gasteiger partial charge in [0.15, 0.2) is 5.58 Å². The van der Waals surface area contributed by atoms with Gasteiger partial charge in [-0.2, -0.15) is 0 Å². The van der Waals surface area contributed by atoms with Crippen molar-refractivity contribution >= 4 is 21.9 Å². The maximum atomic E-state index is 11.5. The second kappa shape index (κ2) is 2.45. The number of hydrogen-bond donors (Lipinski definition) is 1. The van der Waals surface area contributed by atoms with Crippen LogP contribution in [0.3, 0.4) is 0 Å². The predicted molar refractivity (Wildman–Crippen MR) is 52.1 cm³/mol. The predicted octanol–water partition coefficient (Wildman–Crippen LogP) is 1.67. The lowest BCUT2D eigenvalue weighted by molar-refractivity contribution is 0.666. The molecule has 3 rings (SSSR count). The van der Waals surface area contributed by atoms with E-state index in [1.165, 1.54) is 0 Å². The van der Waals surface area contributed by atoms with Crippen LogP contribution in [0.1, 0.15) is 0 Å². The number of H-pyrrole nitrogens is 1. The van der Waals surface area contributed by atoms with Crippen molar-refractivity contribution in [1.82, 2.24) is 9.97 Å². The third-order valence-electron chi connectivity index (χ3n) is 2.20. The Morgan fingerprint density at radius 1 is 1.29 bits per heavy atom. The molecule has 4 nitrogen and oxygen atoms in total. The minimum Gasteiger partial charge on any atom is -0.454 e. The van der Waals surface area contributed by atoms with E-state index < -0.39 is 0 Å². The van der Waals surface area contributed by atoms with Gasteiger partial charge in [-0.15, -0.1) is 0 Å². The first kappa shape index (κ1) is 7.32. The van der Waals surface area contributed by atoms with Gasteiger partial charge in [0.1, 0.15) is 5.58 Å². The second-order valence-electron chi connectivity index (χ2n) is 3.02. The van der Waals surface area contributed by atoms with Crippen molar-refractivity contribution < 1.29 is 4.42 Å². The molecule has 68 valence electrons. The third kappa shape index (κ3) is 0.821. The molecule has 0 unspecified atom stereocenters. The number of aromatic amines is 1. The molecule has 0 amide bonds. The van der Waals surface area contributed by atoms with Crippen LogP contribution in [-0.4, -0.2) is 9.97 Å². The molecule has 0 saturated heterocycles. The Morgan fingerprint density at radius 3 is 3.14 bits per heavy atom. The van der Waals surface area contributed by atoms with Gasteiger partial charge >= 0.3 is 0 Å². The van der Waals surface area contributed by atoms with Crippen molar-refractivity contribution in [2.45, 2.75) is 0 Å². The van der Waals surface area contributed by atoms with Crippen LogP contribution in [-0.2, 0) is 0 Å². The van der Waals surface area contributed by atoms with Gasteiger partial charge in [-0.1, -0.05) is 0 Å². The molecule has 0 aliphatic rings. The maximum Gasteiger partial charge on any atom is 0.259 e. The van der Waals surface area contributed by atoms with Crippen LogP contribution in [0.25, 0.3) is 21.9 Å². The molecule has 3 aromatic heterocycles. The summed E-state index contributed by atoms with van der Waals surface area (Å²) in [6.45, 7) is 0. The Hall–Kier alpha value is -2.10. The molecule has 0 radical (unpaired) electrons. The van der Waals surface area contributed by atoms with Crippen LogP contribution in [0.2, 0.25) is 0 Å². The van der Waals surface area contributed by atoms with Crippen LogP contribution in [0.15, 0.2) is 39.9 Å². The van der Waals surface area contributed by atoms with Gasteiger partial charge in [0, 0.05) is 17.8 Å². The van der Waals surface area contributed by atoms with Crippen molar-refractivity contribution in [3.8, 4) is 0 Å². The molecule has 0 aliphatic carbocycles. The molecule has 0 aromatic carbocycles. The lowest BCUT2D eigenvalue weighted by atomic mass is 10.2. The summed E-state index contributed by atoms with van der Waals surface area (Å²) in [6.07, 6.45) is 4.82. The molecule has 0 spiro atoms. The van der Waals surface area contributed by atoms with E-state index in [0.29, 0.717) is 16.6 Å². The molecule has 0 saturated carbocycles. The van der Waals surface area contributed by atoms with E-state index in [2.05, 4.69) is 9.97 Å². The fourth-order valence-electron chi connectivity index (χ4n) is 1.59. The largest absolute Gasteiger partial charge is 0.454 e. The summed E-state index contributed by atoms with van der Waals surface area (Å²) in [5.41, 5.74) is 1.10. The molecule has 0 bridgehead atoms. The topological polar surface area (TPSA) is 58.9 Å². The molecular weight excluding hydrogens is 180 g/mol. The molecular formula is C10H6N2O2. The minimum atomic E-state index is -0.132. The first-order valence-electron chi connectivity index (χ1n) is 4.20. The highest BCUT2D eigenvalue weighted by atomic mass is 16.3. The first-order valence-corrected chi connectivity index (χ1v) is 4.20. The lowest BCUT2D eigenvalue weighted by Crippen LogP contribution is -2.02. The van der Waals surface area contributed by atoms with Crippen LogP contribution < -0.4 is 5.56 Å². The fraction of sp³-hybridized carbons (Fsp3) is 0. The molecule has 0 fully saturated rings. The lowest BCUT2D eigenvalue weighted by Gasteiger charge is -1.85. The van der Waals surface area contributed by atoms with Crippen molar-refractivity contribution in [2.75, 3.05) is 0 Å². The number of fused-ring (bicyclic) bond motifs is 3. The highest BCUT2D eigenvalue weighted by molar-refractivity contribution is 6.03. The average molecular weight is 186 g/mol. The third-order valence-corrected chi connectivity index (χ3v) is 2.20.